The highest BCUT2D eigenvalue weighted by Gasteiger charge is 2.12. The molecule has 0 spiro atoms. The van der Waals surface area contributed by atoms with E-state index in [-0.39, 0.29) is 0 Å². The number of halogens is 1. The van der Waals surface area contributed by atoms with E-state index in [0.717, 1.165) is 15.8 Å². The van der Waals surface area contributed by atoms with E-state index in [4.69, 9.17) is 4.74 Å². The fourth-order valence-corrected chi connectivity index (χ4v) is 1.97. The third-order valence-corrected chi connectivity index (χ3v) is 3.40. The van der Waals surface area contributed by atoms with Crippen molar-refractivity contribution in [3.8, 4) is 17.1 Å². The maximum Gasteiger partial charge on any atom is 0.206 e. The summed E-state index contributed by atoms with van der Waals surface area (Å²) in [6.45, 7) is 2.24. The summed E-state index contributed by atoms with van der Waals surface area (Å²) in [7, 11) is 1.61. The Kier molecular flexibility index (Phi) is 4.49. The molecule has 0 bridgehead atoms. The number of aliphatic hydroxyl groups is 1. The Morgan fingerprint density at radius 1 is 1.47 bits per heavy atom. The van der Waals surface area contributed by atoms with Gasteiger partial charge in [0.05, 0.1) is 19.8 Å². The highest BCUT2D eigenvalue weighted by molar-refractivity contribution is 9.10. The van der Waals surface area contributed by atoms with Crippen molar-refractivity contribution in [2.75, 3.05) is 7.11 Å². The molecule has 1 aromatic carbocycles. The lowest BCUT2D eigenvalue weighted by Crippen LogP contribution is -2.16. The van der Waals surface area contributed by atoms with Gasteiger partial charge in [0.25, 0.3) is 0 Å². The molecule has 0 aliphatic rings. The number of benzene rings is 1. The molecule has 1 heterocycles. The Bertz CT molecular complexity index is 558. The first-order valence-corrected chi connectivity index (χ1v) is 6.73. The van der Waals surface area contributed by atoms with Crippen molar-refractivity contribution in [2.45, 2.75) is 26.0 Å². The summed E-state index contributed by atoms with van der Waals surface area (Å²) in [6, 6.07) is 5.55. The summed E-state index contributed by atoms with van der Waals surface area (Å²) in [4.78, 5) is 1.40. The van der Waals surface area contributed by atoms with Crippen LogP contribution in [0.25, 0.3) is 11.4 Å². The first-order valence-electron chi connectivity index (χ1n) is 5.93. The second kappa shape index (κ2) is 6.12. The lowest BCUT2D eigenvalue weighted by molar-refractivity contribution is 0.138. The molecule has 0 aliphatic heterocycles. The molecule has 0 radical (unpaired) electrons. The minimum Gasteiger partial charge on any atom is -0.497 e. The van der Waals surface area contributed by atoms with Crippen molar-refractivity contribution in [3.05, 3.63) is 22.7 Å². The number of tetrazole rings is 1. The van der Waals surface area contributed by atoms with Crippen LogP contribution in [0, 0.1) is 0 Å². The maximum absolute atomic E-state index is 9.57. The zero-order valence-electron chi connectivity index (χ0n) is 10.7. The Morgan fingerprint density at radius 2 is 2.26 bits per heavy atom. The second-order valence-corrected chi connectivity index (χ2v) is 4.93. The van der Waals surface area contributed by atoms with Crippen molar-refractivity contribution < 1.29 is 9.84 Å². The monoisotopic (exact) mass is 326 g/mol. The molecule has 1 aromatic heterocycles. The van der Waals surface area contributed by atoms with Crippen LogP contribution in [0.2, 0.25) is 0 Å². The van der Waals surface area contributed by atoms with Crippen LogP contribution in [0.15, 0.2) is 22.7 Å². The normalized spacial score (nSPS) is 12.4. The molecule has 1 atom stereocenters. The van der Waals surface area contributed by atoms with Crippen LogP contribution in [-0.4, -0.2) is 38.5 Å². The highest BCUT2D eigenvalue weighted by Crippen LogP contribution is 2.29. The largest absolute Gasteiger partial charge is 0.497 e. The van der Waals surface area contributed by atoms with E-state index in [2.05, 4.69) is 31.3 Å². The zero-order chi connectivity index (χ0) is 13.8. The number of hydrogen-bond acceptors (Lipinski definition) is 5. The molecule has 0 saturated heterocycles. The van der Waals surface area contributed by atoms with Crippen LogP contribution >= 0.6 is 15.9 Å². The van der Waals surface area contributed by atoms with E-state index in [1.54, 1.807) is 7.11 Å². The molecular formula is C12H15BrN4O2. The third-order valence-electron chi connectivity index (χ3n) is 2.71. The number of ether oxygens (including phenoxy) is 1. The lowest BCUT2D eigenvalue weighted by Gasteiger charge is -2.05. The van der Waals surface area contributed by atoms with Crippen molar-refractivity contribution in [1.29, 1.82) is 0 Å². The van der Waals surface area contributed by atoms with Crippen LogP contribution in [0.1, 0.15) is 13.3 Å². The number of aromatic nitrogens is 4. The third kappa shape index (κ3) is 3.30. The first kappa shape index (κ1) is 14.0. The first-order chi connectivity index (χ1) is 9.13. The number of nitrogens with zero attached hydrogens (tertiary/aromatic N) is 4. The number of rotatable bonds is 5. The molecule has 0 fully saturated rings. The zero-order valence-corrected chi connectivity index (χ0v) is 12.3. The summed E-state index contributed by atoms with van der Waals surface area (Å²) in [5.41, 5.74) is 0.802. The van der Waals surface area contributed by atoms with Gasteiger partial charge in [-0.15, -0.1) is 10.2 Å². The van der Waals surface area contributed by atoms with Crippen molar-refractivity contribution in [1.82, 2.24) is 20.2 Å². The van der Waals surface area contributed by atoms with Crippen LogP contribution < -0.4 is 4.74 Å². The summed E-state index contributed by atoms with van der Waals surface area (Å²) in [5.74, 6) is 1.22. The molecule has 0 saturated carbocycles. The van der Waals surface area contributed by atoms with Gasteiger partial charge in [-0.3, -0.25) is 0 Å². The highest BCUT2D eigenvalue weighted by atomic mass is 79.9. The Morgan fingerprint density at radius 3 is 2.95 bits per heavy atom. The topological polar surface area (TPSA) is 73.1 Å². The molecule has 1 N–H and O–H groups in total. The molecule has 1 unspecified atom stereocenters. The number of hydrogen-bond donors (Lipinski definition) is 1. The quantitative estimate of drug-likeness (QED) is 0.908. The van der Waals surface area contributed by atoms with Crippen molar-refractivity contribution in [2.24, 2.45) is 0 Å². The van der Waals surface area contributed by atoms with Crippen molar-refractivity contribution >= 4 is 15.9 Å². The van der Waals surface area contributed by atoms with Gasteiger partial charge in [-0.1, -0.05) is 22.9 Å². The average Bonchev–Trinajstić information content (AvgIpc) is 2.87. The van der Waals surface area contributed by atoms with Gasteiger partial charge < -0.3 is 9.84 Å². The van der Waals surface area contributed by atoms with E-state index in [0.29, 0.717) is 18.8 Å². The Balaban J connectivity index is 2.27. The maximum atomic E-state index is 9.57. The Hall–Kier alpha value is -1.47. The predicted octanol–water partition coefficient (Wildman–Crippen LogP) is 1.88. The van der Waals surface area contributed by atoms with Crippen molar-refractivity contribution in [3.63, 3.8) is 0 Å². The molecule has 0 aliphatic carbocycles. The summed E-state index contributed by atoms with van der Waals surface area (Å²) in [5, 5.41) is 21.7. The van der Waals surface area contributed by atoms with Gasteiger partial charge in [0.2, 0.25) is 5.82 Å². The van der Waals surface area contributed by atoms with Gasteiger partial charge >= 0.3 is 0 Å². The van der Waals surface area contributed by atoms with Crippen LogP contribution in [0.4, 0.5) is 0 Å². The molecule has 2 rings (SSSR count). The fraction of sp³-hybridized carbons (Fsp3) is 0.417. The molecule has 2 aromatic rings. The van der Waals surface area contributed by atoms with Gasteiger partial charge in [0, 0.05) is 10.0 Å². The van der Waals surface area contributed by atoms with Gasteiger partial charge in [-0.2, -0.15) is 4.80 Å². The van der Waals surface area contributed by atoms with Gasteiger partial charge in [-0.25, -0.2) is 0 Å². The summed E-state index contributed by atoms with van der Waals surface area (Å²) in [6.07, 6.45) is 0.190. The van der Waals surface area contributed by atoms with E-state index in [1.165, 1.54) is 4.80 Å². The standard InChI is InChI=1S/C12H15BrN4O2/c1-3-8(18)7-17-15-12(14-16-17)10-6-9(19-2)4-5-11(10)13/h4-6,8,18H,3,7H2,1-2H3. The average molecular weight is 327 g/mol. The second-order valence-electron chi connectivity index (χ2n) is 4.08. The van der Waals surface area contributed by atoms with Crippen LogP contribution in [0.3, 0.4) is 0 Å². The molecule has 6 nitrogen and oxygen atoms in total. The molecular weight excluding hydrogens is 312 g/mol. The number of methoxy groups -OCH3 is 1. The van der Waals surface area contributed by atoms with Crippen LogP contribution in [0.5, 0.6) is 5.75 Å². The number of aliphatic hydroxyl groups excluding tert-OH is 1. The van der Waals surface area contributed by atoms with E-state index in [1.807, 2.05) is 25.1 Å². The molecule has 0 amide bonds. The Labute approximate surface area is 119 Å². The summed E-state index contributed by atoms with van der Waals surface area (Å²) >= 11 is 3.45. The van der Waals surface area contributed by atoms with E-state index in [9.17, 15) is 5.11 Å². The SMILES string of the molecule is CCC(O)Cn1nnc(-c2cc(OC)ccc2Br)n1. The van der Waals surface area contributed by atoms with Gasteiger partial charge in [0.15, 0.2) is 0 Å². The molecule has 102 valence electrons. The predicted molar refractivity (Wildman–Crippen MR) is 73.8 cm³/mol. The minimum absolute atomic E-state index is 0.338. The van der Waals surface area contributed by atoms with E-state index < -0.39 is 6.10 Å². The molecule has 19 heavy (non-hydrogen) atoms. The van der Waals surface area contributed by atoms with Gasteiger partial charge in [-0.05, 0) is 29.8 Å². The van der Waals surface area contributed by atoms with Crippen LogP contribution in [-0.2, 0) is 6.54 Å². The van der Waals surface area contributed by atoms with Gasteiger partial charge in [0.1, 0.15) is 5.75 Å². The smallest absolute Gasteiger partial charge is 0.206 e. The lowest BCUT2D eigenvalue weighted by atomic mass is 10.2. The minimum atomic E-state index is -0.462. The molecule has 7 heteroatoms. The summed E-state index contributed by atoms with van der Waals surface area (Å²) < 4.78 is 6.04. The fourth-order valence-electron chi connectivity index (χ4n) is 1.55. The van der Waals surface area contributed by atoms with E-state index >= 15 is 0 Å².